The molecule has 1 aliphatic rings. The SMILES string of the molecule is C/C(=N\NC(=O)c1ccc2c(c1)OCO2)c1ccc(NC(=O)c2ccncc2)cc1. The van der Waals surface area contributed by atoms with E-state index < -0.39 is 0 Å². The van der Waals surface area contributed by atoms with Gasteiger partial charge in [-0.1, -0.05) is 12.1 Å². The molecule has 0 aliphatic carbocycles. The van der Waals surface area contributed by atoms with Crippen LogP contribution in [0.2, 0.25) is 0 Å². The number of anilines is 1. The molecule has 4 rings (SSSR count). The molecule has 0 radical (unpaired) electrons. The number of hydrogen-bond donors (Lipinski definition) is 2. The van der Waals surface area contributed by atoms with E-state index in [0.717, 1.165) is 5.56 Å². The second-order valence-electron chi connectivity index (χ2n) is 6.47. The molecular weight excluding hydrogens is 384 g/mol. The van der Waals surface area contributed by atoms with Gasteiger partial charge in [-0.2, -0.15) is 5.10 Å². The first-order valence-corrected chi connectivity index (χ1v) is 9.16. The summed E-state index contributed by atoms with van der Waals surface area (Å²) >= 11 is 0. The maximum atomic E-state index is 12.3. The van der Waals surface area contributed by atoms with Crippen molar-refractivity contribution < 1.29 is 19.1 Å². The molecule has 0 unspecified atom stereocenters. The Morgan fingerprint density at radius 2 is 1.57 bits per heavy atom. The number of carbonyl (C=O) groups excluding carboxylic acids is 2. The predicted octanol–water partition coefficient (Wildman–Crippen LogP) is 3.22. The lowest BCUT2D eigenvalue weighted by Gasteiger charge is -2.07. The van der Waals surface area contributed by atoms with E-state index in [0.29, 0.717) is 34.0 Å². The van der Waals surface area contributed by atoms with E-state index in [9.17, 15) is 9.59 Å². The van der Waals surface area contributed by atoms with Crippen molar-refractivity contribution in [3.63, 3.8) is 0 Å². The van der Waals surface area contributed by atoms with Crippen LogP contribution in [0.1, 0.15) is 33.2 Å². The van der Waals surface area contributed by atoms with E-state index in [1.165, 1.54) is 0 Å². The van der Waals surface area contributed by atoms with Crippen molar-refractivity contribution in [3.8, 4) is 11.5 Å². The summed E-state index contributed by atoms with van der Waals surface area (Å²) < 4.78 is 10.5. The molecule has 2 heterocycles. The lowest BCUT2D eigenvalue weighted by Crippen LogP contribution is -2.19. The van der Waals surface area contributed by atoms with Crippen molar-refractivity contribution in [1.29, 1.82) is 0 Å². The topological polar surface area (TPSA) is 102 Å². The van der Waals surface area contributed by atoms with E-state index in [4.69, 9.17) is 9.47 Å². The second-order valence-corrected chi connectivity index (χ2v) is 6.47. The average Bonchev–Trinajstić information content (AvgIpc) is 3.26. The Bertz CT molecular complexity index is 1110. The fraction of sp³-hybridized carbons (Fsp3) is 0.0909. The number of benzene rings is 2. The molecule has 0 spiro atoms. The smallest absolute Gasteiger partial charge is 0.271 e. The van der Waals surface area contributed by atoms with Gasteiger partial charge in [0.25, 0.3) is 11.8 Å². The molecule has 3 aromatic rings. The minimum atomic E-state index is -0.353. The molecule has 150 valence electrons. The third-order valence-corrected chi connectivity index (χ3v) is 4.46. The van der Waals surface area contributed by atoms with E-state index in [-0.39, 0.29) is 18.6 Å². The number of rotatable bonds is 5. The van der Waals surface area contributed by atoms with Gasteiger partial charge in [-0.05, 0) is 55.0 Å². The van der Waals surface area contributed by atoms with E-state index >= 15 is 0 Å². The van der Waals surface area contributed by atoms with Crippen LogP contribution in [0.25, 0.3) is 0 Å². The summed E-state index contributed by atoms with van der Waals surface area (Å²) in [5.74, 6) is 0.579. The normalized spacial score (nSPS) is 12.4. The average molecular weight is 402 g/mol. The molecule has 8 heteroatoms. The third kappa shape index (κ3) is 4.27. The Kier molecular flexibility index (Phi) is 5.38. The molecule has 2 N–H and O–H groups in total. The zero-order chi connectivity index (χ0) is 20.9. The first-order valence-electron chi connectivity index (χ1n) is 9.16. The number of fused-ring (bicyclic) bond motifs is 1. The number of pyridine rings is 1. The molecule has 0 atom stereocenters. The van der Waals surface area contributed by atoms with Crippen LogP contribution in [0, 0.1) is 0 Å². The van der Waals surface area contributed by atoms with Gasteiger partial charge >= 0.3 is 0 Å². The molecular formula is C22H18N4O4. The van der Waals surface area contributed by atoms with Gasteiger partial charge in [0, 0.05) is 29.2 Å². The van der Waals surface area contributed by atoms with Crippen molar-refractivity contribution in [3.05, 3.63) is 83.7 Å². The maximum absolute atomic E-state index is 12.3. The monoisotopic (exact) mass is 402 g/mol. The number of nitrogens with one attached hydrogen (secondary N) is 2. The van der Waals surface area contributed by atoms with E-state index in [2.05, 4.69) is 20.8 Å². The van der Waals surface area contributed by atoms with Gasteiger partial charge in [-0.25, -0.2) is 5.43 Å². The fourth-order valence-corrected chi connectivity index (χ4v) is 2.80. The molecule has 1 aliphatic heterocycles. The molecule has 2 amide bonds. The lowest BCUT2D eigenvalue weighted by molar-refractivity contribution is 0.0953. The number of amides is 2. The Labute approximate surface area is 172 Å². The van der Waals surface area contributed by atoms with Crippen LogP contribution < -0.4 is 20.2 Å². The second kappa shape index (κ2) is 8.44. The van der Waals surface area contributed by atoms with Gasteiger partial charge in [-0.15, -0.1) is 0 Å². The van der Waals surface area contributed by atoms with Crippen LogP contribution in [-0.4, -0.2) is 29.3 Å². The van der Waals surface area contributed by atoms with Gasteiger partial charge in [0.1, 0.15) is 0 Å². The minimum Gasteiger partial charge on any atom is -0.454 e. The van der Waals surface area contributed by atoms with Gasteiger partial charge < -0.3 is 14.8 Å². The standard InChI is InChI=1S/C22H18N4O4/c1-14(25-26-22(28)17-4-7-19-20(12-17)30-13-29-19)15-2-5-18(6-3-15)24-21(27)16-8-10-23-11-9-16/h2-12H,13H2,1H3,(H,24,27)(H,26,28)/b25-14+. The Morgan fingerprint density at radius 3 is 2.33 bits per heavy atom. The zero-order valence-electron chi connectivity index (χ0n) is 16.1. The summed E-state index contributed by atoms with van der Waals surface area (Å²) in [7, 11) is 0. The minimum absolute atomic E-state index is 0.149. The van der Waals surface area contributed by atoms with E-state index in [1.807, 2.05) is 12.1 Å². The maximum Gasteiger partial charge on any atom is 0.271 e. The van der Waals surface area contributed by atoms with Gasteiger partial charge in [-0.3, -0.25) is 14.6 Å². The van der Waals surface area contributed by atoms with E-state index in [1.54, 1.807) is 61.8 Å². The number of hydrogen-bond acceptors (Lipinski definition) is 6. The predicted molar refractivity (Wildman–Crippen MR) is 111 cm³/mol. The van der Waals surface area contributed by atoms with Crippen LogP contribution >= 0.6 is 0 Å². The summed E-state index contributed by atoms with van der Waals surface area (Å²) in [6, 6.07) is 15.4. The summed E-state index contributed by atoms with van der Waals surface area (Å²) in [6.45, 7) is 1.93. The third-order valence-electron chi connectivity index (χ3n) is 4.46. The Balaban J connectivity index is 1.38. The lowest BCUT2D eigenvalue weighted by atomic mass is 10.1. The van der Waals surface area contributed by atoms with Crippen molar-refractivity contribution in [2.24, 2.45) is 5.10 Å². The highest BCUT2D eigenvalue weighted by Gasteiger charge is 2.16. The quantitative estimate of drug-likeness (QED) is 0.504. The highest BCUT2D eigenvalue weighted by atomic mass is 16.7. The number of carbonyl (C=O) groups is 2. The molecule has 0 fully saturated rings. The summed E-state index contributed by atoms with van der Waals surface area (Å²) in [6.07, 6.45) is 3.13. The highest BCUT2D eigenvalue weighted by molar-refractivity contribution is 6.05. The molecule has 8 nitrogen and oxygen atoms in total. The molecule has 1 aromatic heterocycles. The molecule has 30 heavy (non-hydrogen) atoms. The van der Waals surface area contributed by atoms with Gasteiger partial charge in [0.2, 0.25) is 6.79 Å². The first-order chi connectivity index (χ1) is 14.6. The number of aromatic nitrogens is 1. The van der Waals surface area contributed by atoms with Crippen molar-refractivity contribution in [1.82, 2.24) is 10.4 Å². The number of nitrogens with zero attached hydrogens (tertiary/aromatic N) is 2. The van der Waals surface area contributed by atoms with Crippen molar-refractivity contribution in [2.45, 2.75) is 6.92 Å². The van der Waals surface area contributed by atoms with Crippen LogP contribution in [-0.2, 0) is 0 Å². The summed E-state index contributed by atoms with van der Waals surface area (Å²) in [4.78, 5) is 28.4. The zero-order valence-corrected chi connectivity index (χ0v) is 16.1. The van der Waals surface area contributed by atoms with Crippen molar-refractivity contribution >= 4 is 23.2 Å². The Morgan fingerprint density at radius 1 is 0.867 bits per heavy atom. The van der Waals surface area contributed by atoms with Crippen molar-refractivity contribution in [2.75, 3.05) is 12.1 Å². The largest absolute Gasteiger partial charge is 0.454 e. The van der Waals surface area contributed by atoms with Crippen LogP contribution in [0.5, 0.6) is 11.5 Å². The summed E-state index contributed by atoms with van der Waals surface area (Å²) in [5.41, 5.74) is 5.56. The van der Waals surface area contributed by atoms with Crippen LogP contribution in [0.3, 0.4) is 0 Å². The Hall–Kier alpha value is -4.20. The first kappa shape index (κ1) is 19.1. The van der Waals surface area contributed by atoms with Gasteiger partial charge in [0.05, 0.1) is 5.71 Å². The van der Waals surface area contributed by atoms with Crippen LogP contribution in [0.15, 0.2) is 72.1 Å². The molecule has 0 bridgehead atoms. The molecule has 0 saturated heterocycles. The number of hydrazone groups is 1. The van der Waals surface area contributed by atoms with Crippen LogP contribution in [0.4, 0.5) is 5.69 Å². The highest BCUT2D eigenvalue weighted by Crippen LogP contribution is 2.32. The summed E-state index contributed by atoms with van der Waals surface area (Å²) in [5, 5.41) is 6.97. The van der Waals surface area contributed by atoms with Gasteiger partial charge in [0.15, 0.2) is 11.5 Å². The number of ether oxygens (including phenoxy) is 2. The molecule has 2 aromatic carbocycles. The molecule has 0 saturated carbocycles. The fourth-order valence-electron chi connectivity index (χ4n) is 2.80.